The summed E-state index contributed by atoms with van der Waals surface area (Å²) in [5.74, 6) is -2.35. The van der Waals surface area contributed by atoms with Gasteiger partial charge in [0.2, 0.25) is 12.0 Å². The van der Waals surface area contributed by atoms with Crippen molar-refractivity contribution in [1.82, 2.24) is 10.3 Å². The highest BCUT2D eigenvalue weighted by Gasteiger charge is 2.37. The zero-order valence-electron chi connectivity index (χ0n) is 16.1. The van der Waals surface area contributed by atoms with Crippen molar-refractivity contribution >= 4 is 11.9 Å². The third-order valence-corrected chi connectivity index (χ3v) is 5.20. The molecule has 0 amide bonds. The van der Waals surface area contributed by atoms with Crippen LogP contribution < -0.4 is 19.5 Å². The molecular formula is C19H26N2O8. The molecule has 1 saturated carbocycles. The molecule has 0 spiro atoms. The molecule has 1 saturated heterocycles. The summed E-state index contributed by atoms with van der Waals surface area (Å²) in [6.45, 7) is 1.73. The molecule has 2 heterocycles. The standard InChI is InChI=1S/C19H26N2O8/c1-27-14-5-4-12(17(21-14)29-16(19(25)26)15(22)18(23)24)28-13(8-10-2-3-10)11-6-7-20-9-11/h4-5,10-11,13,15-16,20,22H,2-3,6-9H2,1H3,(H,23,24)(H,25,26). The molecule has 1 aliphatic heterocycles. The molecule has 2 aliphatic rings. The number of carboxylic acid groups (broad SMARTS) is 2. The summed E-state index contributed by atoms with van der Waals surface area (Å²) >= 11 is 0. The van der Waals surface area contributed by atoms with Crippen molar-refractivity contribution in [3.63, 3.8) is 0 Å². The van der Waals surface area contributed by atoms with Crippen LogP contribution in [0, 0.1) is 11.8 Å². The zero-order valence-corrected chi connectivity index (χ0v) is 16.1. The molecule has 1 aromatic heterocycles. The monoisotopic (exact) mass is 410 g/mol. The summed E-state index contributed by atoms with van der Waals surface area (Å²) in [7, 11) is 1.38. The molecule has 1 aliphatic carbocycles. The van der Waals surface area contributed by atoms with Crippen LogP contribution >= 0.6 is 0 Å². The summed E-state index contributed by atoms with van der Waals surface area (Å²) in [6.07, 6.45) is -0.265. The number of pyridine rings is 1. The third-order valence-electron chi connectivity index (χ3n) is 5.20. The Labute approximate surface area is 167 Å². The van der Waals surface area contributed by atoms with Gasteiger partial charge < -0.3 is 34.8 Å². The minimum atomic E-state index is -2.27. The van der Waals surface area contributed by atoms with Gasteiger partial charge >= 0.3 is 11.9 Å². The first-order valence-corrected chi connectivity index (χ1v) is 9.61. The number of aliphatic hydroxyl groups is 1. The van der Waals surface area contributed by atoms with Gasteiger partial charge in [-0.2, -0.15) is 4.98 Å². The van der Waals surface area contributed by atoms with E-state index in [1.165, 1.54) is 7.11 Å². The van der Waals surface area contributed by atoms with E-state index in [0.29, 0.717) is 11.8 Å². The van der Waals surface area contributed by atoms with Crippen LogP contribution in [-0.2, 0) is 9.59 Å². The number of carboxylic acids is 2. The van der Waals surface area contributed by atoms with E-state index in [0.717, 1.165) is 38.8 Å². The van der Waals surface area contributed by atoms with Gasteiger partial charge in [0.25, 0.3) is 5.88 Å². The molecule has 0 radical (unpaired) electrons. The first-order chi connectivity index (χ1) is 13.9. The quantitative estimate of drug-likeness (QED) is 0.407. The van der Waals surface area contributed by atoms with Crippen molar-refractivity contribution < 1.29 is 39.1 Å². The predicted octanol–water partition coefficient (Wildman–Crippen LogP) is 0.525. The Balaban J connectivity index is 1.85. The maximum atomic E-state index is 11.4. The molecular weight excluding hydrogens is 384 g/mol. The number of hydrogen-bond acceptors (Lipinski definition) is 8. The number of aromatic nitrogens is 1. The number of aliphatic hydroxyl groups excluding tert-OH is 1. The Morgan fingerprint density at radius 2 is 1.97 bits per heavy atom. The van der Waals surface area contributed by atoms with E-state index in [9.17, 15) is 19.8 Å². The molecule has 29 heavy (non-hydrogen) atoms. The number of carbonyl (C=O) groups is 2. The summed E-state index contributed by atoms with van der Waals surface area (Å²) in [5.41, 5.74) is 0. The van der Waals surface area contributed by atoms with Gasteiger partial charge in [-0.25, -0.2) is 9.59 Å². The molecule has 4 unspecified atom stereocenters. The highest BCUT2D eigenvalue weighted by molar-refractivity contribution is 5.83. The fraction of sp³-hybridized carbons (Fsp3) is 0.632. The van der Waals surface area contributed by atoms with Crippen LogP contribution in [0.2, 0.25) is 0 Å². The van der Waals surface area contributed by atoms with Crippen LogP contribution in [0.25, 0.3) is 0 Å². The molecule has 0 aromatic carbocycles. The van der Waals surface area contributed by atoms with Crippen molar-refractivity contribution in [2.75, 3.05) is 20.2 Å². The van der Waals surface area contributed by atoms with Gasteiger partial charge in [0.05, 0.1) is 7.11 Å². The average Bonchev–Trinajstić information content (AvgIpc) is 3.34. The van der Waals surface area contributed by atoms with Crippen LogP contribution in [0.1, 0.15) is 25.7 Å². The van der Waals surface area contributed by atoms with Crippen molar-refractivity contribution in [3.05, 3.63) is 12.1 Å². The Bertz CT molecular complexity index is 733. The predicted molar refractivity (Wildman–Crippen MR) is 99.2 cm³/mol. The third kappa shape index (κ3) is 5.48. The molecule has 0 bridgehead atoms. The van der Waals surface area contributed by atoms with Crippen molar-refractivity contribution in [1.29, 1.82) is 0 Å². The lowest BCUT2D eigenvalue weighted by atomic mass is 9.96. The minimum absolute atomic E-state index is 0.109. The molecule has 2 fully saturated rings. The van der Waals surface area contributed by atoms with Gasteiger partial charge in [0.15, 0.2) is 11.9 Å². The van der Waals surface area contributed by atoms with Crippen LogP contribution in [0.4, 0.5) is 0 Å². The minimum Gasteiger partial charge on any atom is -0.484 e. The maximum absolute atomic E-state index is 11.4. The largest absolute Gasteiger partial charge is 0.484 e. The number of aliphatic carboxylic acids is 2. The fourth-order valence-corrected chi connectivity index (χ4v) is 3.37. The van der Waals surface area contributed by atoms with Crippen LogP contribution in [0.15, 0.2) is 12.1 Å². The summed E-state index contributed by atoms with van der Waals surface area (Å²) in [4.78, 5) is 26.6. The summed E-state index contributed by atoms with van der Waals surface area (Å²) < 4.78 is 16.5. The number of rotatable bonds is 11. The smallest absolute Gasteiger partial charge is 0.348 e. The van der Waals surface area contributed by atoms with Crippen molar-refractivity contribution in [3.8, 4) is 17.5 Å². The second-order valence-electron chi connectivity index (χ2n) is 7.40. The molecule has 160 valence electrons. The van der Waals surface area contributed by atoms with Crippen molar-refractivity contribution in [2.24, 2.45) is 11.8 Å². The molecule has 10 heteroatoms. The van der Waals surface area contributed by atoms with E-state index in [1.54, 1.807) is 12.1 Å². The lowest BCUT2D eigenvalue weighted by molar-refractivity contribution is -0.164. The lowest BCUT2D eigenvalue weighted by Crippen LogP contribution is -2.44. The number of nitrogens with zero attached hydrogens (tertiary/aromatic N) is 1. The van der Waals surface area contributed by atoms with E-state index < -0.39 is 24.1 Å². The zero-order chi connectivity index (χ0) is 21.0. The first-order valence-electron chi connectivity index (χ1n) is 9.61. The molecule has 1 aromatic rings. The van der Waals surface area contributed by atoms with E-state index >= 15 is 0 Å². The summed E-state index contributed by atoms with van der Waals surface area (Å²) in [5, 5.41) is 31.3. The number of methoxy groups -OCH3 is 1. The Morgan fingerprint density at radius 1 is 1.21 bits per heavy atom. The number of hydrogen-bond donors (Lipinski definition) is 4. The van der Waals surface area contributed by atoms with Gasteiger partial charge in [-0.15, -0.1) is 0 Å². The van der Waals surface area contributed by atoms with Crippen LogP contribution in [0.3, 0.4) is 0 Å². The Morgan fingerprint density at radius 3 is 2.52 bits per heavy atom. The van der Waals surface area contributed by atoms with Gasteiger partial charge in [-0.05, 0) is 31.4 Å². The Hall–Kier alpha value is -2.59. The summed E-state index contributed by atoms with van der Waals surface area (Å²) in [6, 6.07) is 3.10. The second-order valence-corrected chi connectivity index (χ2v) is 7.40. The van der Waals surface area contributed by atoms with E-state index in [4.69, 9.17) is 19.3 Å². The van der Waals surface area contributed by atoms with Crippen molar-refractivity contribution in [2.45, 2.75) is 44.0 Å². The number of ether oxygens (including phenoxy) is 3. The lowest BCUT2D eigenvalue weighted by Gasteiger charge is -2.26. The molecule has 3 rings (SSSR count). The topological polar surface area (TPSA) is 147 Å². The Kier molecular flexibility index (Phi) is 6.75. The van der Waals surface area contributed by atoms with Crippen LogP contribution in [-0.4, -0.2) is 70.8 Å². The average molecular weight is 410 g/mol. The fourth-order valence-electron chi connectivity index (χ4n) is 3.37. The highest BCUT2D eigenvalue weighted by atomic mass is 16.6. The first kappa shape index (κ1) is 21.1. The number of nitrogens with one attached hydrogen (secondary N) is 1. The van der Waals surface area contributed by atoms with Gasteiger partial charge in [-0.3, -0.25) is 0 Å². The maximum Gasteiger partial charge on any atom is 0.348 e. The second kappa shape index (κ2) is 9.27. The molecule has 10 nitrogen and oxygen atoms in total. The van der Waals surface area contributed by atoms with Crippen LogP contribution in [0.5, 0.6) is 17.5 Å². The highest BCUT2D eigenvalue weighted by Crippen LogP contribution is 2.39. The van der Waals surface area contributed by atoms with E-state index in [2.05, 4.69) is 10.3 Å². The van der Waals surface area contributed by atoms with E-state index in [-0.39, 0.29) is 23.6 Å². The normalized spacial score (nSPS) is 21.8. The van der Waals surface area contributed by atoms with E-state index in [1.807, 2.05) is 0 Å². The van der Waals surface area contributed by atoms with Gasteiger partial charge in [0.1, 0.15) is 6.10 Å². The van der Waals surface area contributed by atoms with Gasteiger partial charge in [0, 0.05) is 18.5 Å². The van der Waals surface area contributed by atoms with Gasteiger partial charge in [-0.1, -0.05) is 12.8 Å². The molecule has 4 N–H and O–H groups in total. The SMILES string of the molecule is COc1ccc(OC(CC2CC2)C2CCNC2)c(OC(C(=O)O)C(O)C(=O)O)n1. The molecule has 4 atom stereocenters.